The molecule has 1 fully saturated rings. The van der Waals surface area contributed by atoms with Gasteiger partial charge in [0.2, 0.25) is 0 Å². The van der Waals surface area contributed by atoms with E-state index >= 15 is 0 Å². The van der Waals surface area contributed by atoms with E-state index in [2.05, 4.69) is 29.2 Å². The molecule has 1 aromatic heterocycles. The fourth-order valence-electron chi connectivity index (χ4n) is 5.05. The van der Waals surface area contributed by atoms with Gasteiger partial charge in [-0.05, 0) is 53.6 Å². The fourth-order valence-corrected chi connectivity index (χ4v) is 5.05. The molecule has 152 valence electrons. The molecule has 4 aromatic rings. The molecule has 1 aliphatic heterocycles. The first kappa shape index (κ1) is 18.1. The summed E-state index contributed by atoms with van der Waals surface area (Å²) in [6.07, 6.45) is 1.88. The predicted octanol–water partition coefficient (Wildman–Crippen LogP) is 5.40. The number of piperidine rings is 1. The Balaban J connectivity index is 1.19. The number of carbonyl (C=O) groups excluding carboxylic acids is 2. The Labute approximate surface area is 180 Å². The number of rotatable bonds is 2. The zero-order valence-corrected chi connectivity index (χ0v) is 17.1. The standard InChI is InChI=1S/C27H22N2O2/c30-26-22-7-3-2-6-20(22)21-10-9-19(15-23(21)26)27(31)29-13-11-17(12-14-29)25-16-18-5-1-4-8-24(18)28-25/h1-10,15-17,28H,11-14H2. The van der Waals surface area contributed by atoms with Gasteiger partial charge in [-0.15, -0.1) is 0 Å². The molecule has 1 saturated heterocycles. The van der Waals surface area contributed by atoms with Crippen LogP contribution < -0.4 is 0 Å². The molecule has 2 heterocycles. The third-order valence-corrected chi connectivity index (χ3v) is 6.75. The van der Waals surface area contributed by atoms with E-state index in [9.17, 15) is 9.59 Å². The predicted molar refractivity (Wildman–Crippen MR) is 121 cm³/mol. The zero-order valence-electron chi connectivity index (χ0n) is 17.1. The molecule has 2 aliphatic rings. The van der Waals surface area contributed by atoms with Crippen LogP contribution in [-0.2, 0) is 0 Å². The first-order valence-corrected chi connectivity index (χ1v) is 10.8. The minimum absolute atomic E-state index is 0.0118. The molecule has 6 rings (SSSR count). The lowest BCUT2D eigenvalue weighted by Crippen LogP contribution is -2.38. The summed E-state index contributed by atoms with van der Waals surface area (Å²) in [6.45, 7) is 1.45. The number of hydrogen-bond acceptors (Lipinski definition) is 2. The number of hydrogen-bond donors (Lipinski definition) is 1. The quantitative estimate of drug-likeness (QED) is 0.427. The van der Waals surface area contributed by atoms with Crippen LogP contribution in [0.4, 0.5) is 0 Å². The Morgan fingerprint density at radius 2 is 1.52 bits per heavy atom. The van der Waals surface area contributed by atoms with E-state index in [1.54, 1.807) is 6.07 Å². The second-order valence-corrected chi connectivity index (χ2v) is 8.51. The molecule has 0 unspecified atom stereocenters. The number of carbonyl (C=O) groups is 2. The molecule has 0 spiro atoms. The van der Waals surface area contributed by atoms with Crippen molar-refractivity contribution in [1.29, 1.82) is 0 Å². The topological polar surface area (TPSA) is 53.2 Å². The Kier molecular flexibility index (Phi) is 4.06. The number of benzene rings is 3. The minimum atomic E-state index is 0.0118. The lowest BCUT2D eigenvalue weighted by atomic mass is 9.93. The third-order valence-electron chi connectivity index (χ3n) is 6.75. The smallest absolute Gasteiger partial charge is 0.253 e. The Morgan fingerprint density at radius 1 is 0.806 bits per heavy atom. The van der Waals surface area contributed by atoms with Gasteiger partial charge in [-0.3, -0.25) is 9.59 Å². The monoisotopic (exact) mass is 406 g/mol. The average molecular weight is 406 g/mol. The molecule has 1 amide bonds. The summed E-state index contributed by atoms with van der Waals surface area (Å²) < 4.78 is 0. The summed E-state index contributed by atoms with van der Waals surface area (Å²) in [5.41, 5.74) is 6.27. The summed E-state index contributed by atoms with van der Waals surface area (Å²) in [6, 6.07) is 23.8. The van der Waals surface area contributed by atoms with Crippen molar-refractivity contribution in [2.24, 2.45) is 0 Å². The van der Waals surface area contributed by atoms with E-state index in [-0.39, 0.29) is 11.7 Å². The van der Waals surface area contributed by atoms with Crippen molar-refractivity contribution in [1.82, 2.24) is 9.88 Å². The number of aromatic nitrogens is 1. The summed E-state index contributed by atoms with van der Waals surface area (Å²) >= 11 is 0. The van der Waals surface area contributed by atoms with Crippen LogP contribution in [0.5, 0.6) is 0 Å². The SMILES string of the molecule is O=C1c2ccccc2-c2ccc(C(=O)N3CCC(c4cc5ccccc5[nH]4)CC3)cc21. The van der Waals surface area contributed by atoms with Gasteiger partial charge < -0.3 is 9.88 Å². The molecule has 0 saturated carbocycles. The van der Waals surface area contributed by atoms with Crippen molar-refractivity contribution in [2.45, 2.75) is 18.8 Å². The van der Waals surface area contributed by atoms with Gasteiger partial charge in [0, 0.05) is 46.9 Å². The second kappa shape index (κ2) is 6.95. The van der Waals surface area contributed by atoms with Crippen LogP contribution in [0.1, 0.15) is 50.7 Å². The maximum atomic E-state index is 13.2. The molecule has 0 radical (unpaired) electrons. The van der Waals surface area contributed by atoms with Crippen molar-refractivity contribution in [2.75, 3.05) is 13.1 Å². The molecule has 0 bridgehead atoms. The number of likely N-dealkylation sites (tertiary alicyclic amines) is 1. The number of aromatic amines is 1. The molecule has 4 heteroatoms. The fraction of sp³-hybridized carbons (Fsp3) is 0.185. The normalized spacial score (nSPS) is 15.9. The maximum absolute atomic E-state index is 13.2. The van der Waals surface area contributed by atoms with Gasteiger partial charge in [0.15, 0.2) is 5.78 Å². The van der Waals surface area contributed by atoms with Gasteiger partial charge in [0.25, 0.3) is 5.91 Å². The zero-order chi connectivity index (χ0) is 20.9. The lowest BCUT2D eigenvalue weighted by molar-refractivity contribution is 0.0712. The van der Waals surface area contributed by atoms with E-state index in [4.69, 9.17) is 0 Å². The van der Waals surface area contributed by atoms with Gasteiger partial charge in [-0.25, -0.2) is 0 Å². The van der Waals surface area contributed by atoms with Crippen LogP contribution in [0, 0.1) is 0 Å². The van der Waals surface area contributed by atoms with E-state index in [1.165, 1.54) is 16.6 Å². The van der Waals surface area contributed by atoms with Crippen LogP contribution in [0.2, 0.25) is 0 Å². The molecule has 1 N–H and O–H groups in total. The lowest BCUT2D eigenvalue weighted by Gasteiger charge is -2.31. The summed E-state index contributed by atoms with van der Waals surface area (Å²) in [5.74, 6) is 0.465. The van der Waals surface area contributed by atoms with Crippen LogP contribution in [0.3, 0.4) is 0 Å². The number of para-hydroxylation sites is 1. The van der Waals surface area contributed by atoms with Crippen LogP contribution in [-0.4, -0.2) is 34.7 Å². The van der Waals surface area contributed by atoms with Crippen molar-refractivity contribution in [3.8, 4) is 11.1 Å². The number of fused-ring (bicyclic) bond motifs is 4. The molecular formula is C27H22N2O2. The van der Waals surface area contributed by atoms with E-state index in [1.807, 2.05) is 47.4 Å². The van der Waals surface area contributed by atoms with E-state index in [0.717, 1.165) is 42.6 Å². The number of amides is 1. The number of H-pyrrole nitrogens is 1. The highest BCUT2D eigenvalue weighted by Crippen LogP contribution is 2.37. The van der Waals surface area contributed by atoms with Gasteiger partial charge in [-0.1, -0.05) is 48.5 Å². The van der Waals surface area contributed by atoms with Crippen LogP contribution >= 0.6 is 0 Å². The second-order valence-electron chi connectivity index (χ2n) is 8.51. The molecule has 0 atom stereocenters. The summed E-state index contributed by atoms with van der Waals surface area (Å²) in [7, 11) is 0. The van der Waals surface area contributed by atoms with Gasteiger partial charge in [-0.2, -0.15) is 0 Å². The first-order chi connectivity index (χ1) is 15.2. The Hall–Kier alpha value is -3.66. The highest BCUT2D eigenvalue weighted by molar-refractivity contribution is 6.22. The van der Waals surface area contributed by atoms with Gasteiger partial charge >= 0.3 is 0 Å². The van der Waals surface area contributed by atoms with Crippen molar-refractivity contribution in [3.05, 3.63) is 95.2 Å². The van der Waals surface area contributed by atoms with Crippen molar-refractivity contribution >= 4 is 22.6 Å². The van der Waals surface area contributed by atoms with E-state index < -0.39 is 0 Å². The minimum Gasteiger partial charge on any atom is -0.358 e. The molecular weight excluding hydrogens is 384 g/mol. The van der Waals surface area contributed by atoms with Gasteiger partial charge in [0.05, 0.1) is 0 Å². The average Bonchev–Trinajstić information content (AvgIpc) is 3.38. The van der Waals surface area contributed by atoms with Crippen LogP contribution in [0.25, 0.3) is 22.0 Å². The molecule has 3 aromatic carbocycles. The van der Waals surface area contributed by atoms with E-state index in [0.29, 0.717) is 17.0 Å². The van der Waals surface area contributed by atoms with Crippen molar-refractivity contribution < 1.29 is 9.59 Å². The largest absolute Gasteiger partial charge is 0.358 e. The van der Waals surface area contributed by atoms with Gasteiger partial charge in [0.1, 0.15) is 0 Å². The first-order valence-electron chi connectivity index (χ1n) is 10.8. The number of nitrogens with one attached hydrogen (secondary N) is 1. The third kappa shape index (κ3) is 2.90. The summed E-state index contributed by atoms with van der Waals surface area (Å²) in [4.78, 5) is 31.4. The molecule has 1 aliphatic carbocycles. The highest BCUT2D eigenvalue weighted by Gasteiger charge is 2.29. The molecule has 4 nitrogen and oxygen atoms in total. The number of ketones is 1. The summed E-state index contributed by atoms with van der Waals surface area (Å²) in [5, 5.41) is 1.24. The maximum Gasteiger partial charge on any atom is 0.253 e. The highest BCUT2D eigenvalue weighted by atomic mass is 16.2. The Morgan fingerprint density at radius 3 is 2.32 bits per heavy atom. The Bertz CT molecular complexity index is 1310. The van der Waals surface area contributed by atoms with Crippen molar-refractivity contribution in [3.63, 3.8) is 0 Å². The van der Waals surface area contributed by atoms with Crippen LogP contribution in [0.15, 0.2) is 72.8 Å². The molecule has 31 heavy (non-hydrogen) atoms. The number of nitrogens with zero attached hydrogens (tertiary/aromatic N) is 1.